The molecule has 0 aliphatic heterocycles. The van der Waals surface area contributed by atoms with Gasteiger partial charge in [-0.15, -0.1) is 0 Å². The average molecular weight is 653 g/mol. The van der Waals surface area contributed by atoms with Crippen LogP contribution in [0, 0.1) is 33.1 Å². The van der Waals surface area contributed by atoms with E-state index in [1.807, 2.05) is 19.1 Å². The van der Waals surface area contributed by atoms with E-state index in [9.17, 15) is 18.4 Å². The van der Waals surface area contributed by atoms with Gasteiger partial charge in [0.2, 0.25) is 5.85 Å². The van der Waals surface area contributed by atoms with Crippen LogP contribution < -0.4 is 4.74 Å². The number of esters is 1. The molecule has 0 bridgehead atoms. The van der Waals surface area contributed by atoms with E-state index in [2.05, 4.69) is 52.8 Å². The largest absolute Gasteiger partial charge is 0.462 e. The SMILES string of the molecule is CCC(C)(C)CCC(c1ccc(C)c(C)c1)C(C)(C)F.CCOC(=O)c1ccc(C(C)=O)c(C)c1.Cc1ccc(OC(C)(C)F)cc1. The van der Waals surface area contributed by atoms with Crippen molar-refractivity contribution in [3.05, 3.63) is 99.6 Å². The summed E-state index contributed by atoms with van der Waals surface area (Å²) in [5.74, 6) is -1.41. The summed E-state index contributed by atoms with van der Waals surface area (Å²) in [5, 5.41) is 0. The van der Waals surface area contributed by atoms with E-state index in [0.29, 0.717) is 28.9 Å². The third-order valence-corrected chi connectivity index (χ3v) is 8.33. The van der Waals surface area contributed by atoms with Crippen LogP contribution in [-0.4, -0.2) is 29.9 Å². The third kappa shape index (κ3) is 15.3. The normalized spacial score (nSPS) is 12.1. The molecule has 0 aliphatic rings. The third-order valence-electron chi connectivity index (χ3n) is 8.33. The fourth-order valence-corrected chi connectivity index (χ4v) is 4.89. The molecule has 4 nitrogen and oxygen atoms in total. The zero-order valence-electron chi connectivity index (χ0n) is 31.1. The standard InChI is InChI=1S/C19H31F.C12H14O3.C10H13FO/c1-8-18(4,5)12-11-17(19(6,7)20)16-10-9-14(2)15(3)13-16;1-4-15-12(14)10-5-6-11(9(3)13)8(2)7-10;1-8-4-6-9(7-5-8)12-10(2,3)11/h9-10,13,17H,8,11-12H2,1-7H3;5-7H,4H2,1-3H3;4-7H,1-3H3. The predicted molar refractivity (Wildman–Crippen MR) is 191 cm³/mol. The van der Waals surface area contributed by atoms with Crippen LogP contribution in [0.4, 0.5) is 8.78 Å². The molecule has 6 heteroatoms. The Bertz CT molecular complexity index is 1430. The molecule has 0 aromatic heterocycles. The Labute approximate surface area is 283 Å². The van der Waals surface area contributed by atoms with Gasteiger partial charge >= 0.3 is 5.97 Å². The molecule has 0 radical (unpaired) electrons. The lowest BCUT2D eigenvalue weighted by atomic mass is 9.76. The van der Waals surface area contributed by atoms with Crippen LogP contribution >= 0.6 is 0 Å². The van der Waals surface area contributed by atoms with Gasteiger partial charge in [-0.2, -0.15) is 4.39 Å². The first kappa shape index (κ1) is 41.5. The number of aryl methyl sites for hydroxylation is 4. The molecule has 1 atom stereocenters. The Kier molecular flexibility index (Phi) is 16.0. The molecule has 260 valence electrons. The number of ether oxygens (including phenoxy) is 2. The van der Waals surface area contributed by atoms with Crippen molar-refractivity contribution in [1.82, 2.24) is 0 Å². The topological polar surface area (TPSA) is 52.6 Å². The van der Waals surface area contributed by atoms with Crippen molar-refractivity contribution in [2.24, 2.45) is 5.41 Å². The Balaban J connectivity index is 0.000000365. The number of rotatable bonds is 11. The van der Waals surface area contributed by atoms with Gasteiger partial charge in [-0.3, -0.25) is 4.79 Å². The minimum atomic E-state index is -1.60. The van der Waals surface area contributed by atoms with Crippen LogP contribution in [0.3, 0.4) is 0 Å². The maximum Gasteiger partial charge on any atom is 0.338 e. The number of carbonyl (C=O) groups is 2. The molecule has 3 aromatic carbocycles. The van der Waals surface area contributed by atoms with E-state index in [-0.39, 0.29) is 17.7 Å². The van der Waals surface area contributed by atoms with E-state index in [1.54, 1.807) is 58.0 Å². The van der Waals surface area contributed by atoms with Crippen LogP contribution in [0.25, 0.3) is 0 Å². The van der Waals surface area contributed by atoms with Crippen LogP contribution in [0.1, 0.15) is 136 Å². The molecule has 1 unspecified atom stereocenters. The number of hydrogen-bond acceptors (Lipinski definition) is 4. The van der Waals surface area contributed by atoms with Crippen molar-refractivity contribution in [3.63, 3.8) is 0 Å². The number of hydrogen-bond donors (Lipinski definition) is 0. The number of halogens is 2. The van der Waals surface area contributed by atoms with Crippen LogP contribution in [-0.2, 0) is 4.74 Å². The van der Waals surface area contributed by atoms with Crippen LogP contribution in [0.15, 0.2) is 60.7 Å². The summed E-state index contributed by atoms with van der Waals surface area (Å²) in [4.78, 5) is 22.5. The van der Waals surface area contributed by atoms with Crippen molar-refractivity contribution in [2.45, 2.75) is 127 Å². The molecule has 0 saturated carbocycles. The Morgan fingerprint density at radius 2 is 1.36 bits per heavy atom. The second kappa shape index (κ2) is 18.1. The highest BCUT2D eigenvalue weighted by Gasteiger charge is 2.32. The highest BCUT2D eigenvalue weighted by Crippen LogP contribution is 2.39. The quantitative estimate of drug-likeness (QED) is 0.153. The Morgan fingerprint density at radius 3 is 1.81 bits per heavy atom. The second-order valence-electron chi connectivity index (χ2n) is 14.1. The van der Waals surface area contributed by atoms with Crippen LogP contribution in [0.2, 0.25) is 0 Å². The van der Waals surface area contributed by atoms with E-state index < -0.39 is 11.5 Å². The number of Topliss-reactive ketones (excluding diaryl/α,β-unsaturated/α-hetero) is 1. The molecule has 0 amide bonds. The summed E-state index contributed by atoms with van der Waals surface area (Å²) < 4.78 is 37.5. The molecular weight excluding hydrogens is 594 g/mol. The predicted octanol–water partition coefficient (Wildman–Crippen LogP) is 11.8. The van der Waals surface area contributed by atoms with Crippen molar-refractivity contribution in [2.75, 3.05) is 6.61 Å². The van der Waals surface area contributed by atoms with Gasteiger partial charge in [0.25, 0.3) is 0 Å². The number of benzene rings is 3. The molecule has 0 spiro atoms. The highest BCUT2D eigenvalue weighted by atomic mass is 19.2. The molecule has 0 saturated heterocycles. The lowest BCUT2D eigenvalue weighted by Crippen LogP contribution is -2.26. The first-order valence-electron chi connectivity index (χ1n) is 16.6. The number of ketones is 1. The van der Waals surface area contributed by atoms with Gasteiger partial charge in [-0.1, -0.05) is 69.2 Å². The van der Waals surface area contributed by atoms with Crippen molar-refractivity contribution >= 4 is 11.8 Å². The zero-order chi connectivity index (χ0) is 36.2. The summed E-state index contributed by atoms with van der Waals surface area (Å²) in [5.41, 5.74) is 5.86. The van der Waals surface area contributed by atoms with E-state index in [0.717, 1.165) is 36.0 Å². The first-order valence-corrected chi connectivity index (χ1v) is 16.6. The molecular formula is C41H58F2O4. The molecule has 0 aliphatic carbocycles. The molecule has 3 aromatic rings. The second-order valence-corrected chi connectivity index (χ2v) is 14.1. The number of carbonyl (C=O) groups excluding carboxylic acids is 2. The van der Waals surface area contributed by atoms with E-state index >= 15 is 0 Å². The lowest BCUT2D eigenvalue weighted by Gasteiger charge is -2.32. The van der Waals surface area contributed by atoms with Gasteiger partial charge in [0.05, 0.1) is 12.2 Å². The van der Waals surface area contributed by atoms with Gasteiger partial charge < -0.3 is 9.47 Å². The number of alkyl halides is 2. The molecule has 47 heavy (non-hydrogen) atoms. The molecule has 0 N–H and O–H groups in total. The maximum atomic E-state index is 14.7. The van der Waals surface area contributed by atoms with Gasteiger partial charge in [0, 0.05) is 25.3 Å². The summed E-state index contributed by atoms with van der Waals surface area (Å²) >= 11 is 0. The monoisotopic (exact) mass is 652 g/mol. The Morgan fingerprint density at radius 1 is 0.766 bits per heavy atom. The smallest absolute Gasteiger partial charge is 0.338 e. The molecule has 3 rings (SSSR count). The fraction of sp³-hybridized carbons (Fsp3) is 0.512. The highest BCUT2D eigenvalue weighted by molar-refractivity contribution is 5.97. The van der Waals surface area contributed by atoms with E-state index in [4.69, 9.17) is 9.47 Å². The van der Waals surface area contributed by atoms with Crippen molar-refractivity contribution in [1.29, 1.82) is 0 Å². The van der Waals surface area contributed by atoms with Crippen molar-refractivity contribution < 1.29 is 27.8 Å². The van der Waals surface area contributed by atoms with Crippen LogP contribution in [0.5, 0.6) is 5.75 Å². The van der Waals surface area contributed by atoms with Gasteiger partial charge in [0.1, 0.15) is 11.4 Å². The average Bonchev–Trinajstić information content (AvgIpc) is 2.95. The molecule has 0 heterocycles. The van der Waals surface area contributed by atoms with Gasteiger partial charge in [-0.25, -0.2) is 9.18 Å². The van der Waals surface area contributed by atoms with Gasteiger partial charge in [0.15, 0.2) is 5.78 Å². The summed E-state index contributed by atoms with van der Waals surface area (Å²) in [6.45, 7) is 24.6. The Hall–Kier alpha value is -3.54. The van der Waals surface area contributed by atoms with Crippen molar-refractivity contribution in [3.8, 4) is 5.75 Å². The molecule has 0 fully saturated rings. The minimum Gasteiger partial charge on any atom is -0.462 e. The minimum absolute atomic E-state index is 0.00269. The first-order chi connectivity index (χ1) is 21.6. The summed E-state index contributed by atoms with van der Waals surface area (Å²) in [7, 11) is 0. The van der Waals surface area contributed by atoms with E-state index in [1.165, 1.54) is 31.9 Å². The maximum absolute atomic E-state index is 14.7. The van der Waals surface area contributed by atoms with Gasteiger partial charge in [-0.05, 0) is 120 Å². The fourth-order valence-electron chi connectivity index (χ4n) is 4.89. The zero-order valence-corrected chi connectivity index (χ0v) is 31.1. The lowest BCUT2D eigenvalue weighted by molar-refractivity contribution is -0.0257. The summed E-state index contributed by atoms with van der Waals surface area (Å²) in [6, 6.07) is 18.6. The summed E-state index contributed by atoms with van der Waals surface area (Å²) in [6.07, 6.45) is 3.11.